The summed E-state index contributed by atoms with van der Waals surface area (Å²) in [7, 11) is 0. The Morgan fingerprint density at radius 2 is 2.00 bits per heavy atom. The minimum atomic E-state index is -0.299. The molecule has 104 valence electrons. The smallest absolute Gasteiger partial charge is 0.147 e. The van der Waals surface area contributed by atoms with Gasteiger partial charge >= 0.3 is 0 Å². The molecule has 0 aliphatic carbocycles. The van der Waals surface area contributed by atoms with Crippen molar-refractivity contribution in [3.05, 3.63) is 65.6 Å². The van der Waals surface area contributed by atoms with E-state index in [1.165, 1.54) is 18.2 Å². The third-order valence-electron chi connectivity index (χ3n) is 3.60. The van der Waals surface area contributed by atoms with Crippen LogP contribution in [0.1, 0.15) is 11.4 Å². The second-order valence-corrected chi connectivity index (χ2v) is 5.00. The fourth-order valence-corrected chi connectivity index (χ4v) is 2.62. The summed E-state index contributed by atoms with van der Waals surface area (Å²) in [6.45, 7) is 0. The number of hydrogen-bond acceptors (Lipinski definition) is 1. The highest BCUT2D eigenvalue weighted by molar-refractivity contribution is 5.84. The molecule has 2 aromatic heterocycles. The molecule has 4 rings (SSSR count). The first-order valence-electron chi connectivity index (χ1n) is 6.59. The van der Waals surface area contributed by atoms with E-state index in [2.05, 4.69) is 15.0 Å². The first-order valence-corrected chi connectivity index (χ1v) is 6.59. The zero-order chi connectivity index (χ0) is 14.4. The van der Waals surface area contributed by atoms with Crippen LogP contribution in [0.2, 0.25) is 0 Å². The zero-order valence-electron chi connectivity index (χ0n) is 11.0. The summed E-state index contributed by atoms with van der Waals surface area (Å²) in [5.74, 6) is 0.151. The Hall–Kier alpha value is -2.69. The molecular formula is C16H11F2N3. The Bertz CT molecular complexity index is 953. The summed E-state index contributed by atoms with van der Waals surface area (Å²) in [5, 5.41) is 0.835. The molecule has 0 amide bonds. The number of nitrogens with one attached hydrogen (secondary N) is 2. The highest BCUT2D eigenvalue weighted by atomic mass is 19.1. The molecule has 21 heavy (non-hydrogen) atoms. The van der Waals surface area contributed by atoms with Crippen LogP contribution in [0.15, 0.2) is 42.6 Å². The summed E-state index contributed by atoms with van der Waals surface area (Å²) in [4.78, 5) is 10.5. The van der Waals surface area contributed by atoms with Gasteiger partial charge in [0, 0.05) is 18.0 Å². The topological polar surface area (TPSA) is 44.5 Å². The minimum absolute atomic E-state index is 0.273. The second-order valence-electron chi connectivity index (χ2n) is 5.00. The lowest BCUT2D eigenvalue weighted by molar-refractivity contribution is 0.629. The van der Waals surface area contributed by atoms with Crippen molar-refractivity contribution in [2.45, 2.75) is 6.42 Å². The van der Waals surface area contributed by atoms with E-state index in [4.69, 9.17) is 0 Å². The van der Waals surface area contributed by atoms with Crippen LogP contribution in [0, 0.1) is 11.6 Å². The molecule has 5 heteroatoms. The average Bonchev–Trinajstić information content (AvgIpc) is 3.04. The number of fused-ring (bicyclic) bond motifs is 2. The highest BCUT2D eigenvalue weighted by Crippen LogP contribution is 2.23. The number of halogens is 2. The number of hydrogen-bond donors (Lipinski definition) is 2. The molecule has 0 fully saturated rings. The largest absolute Gasteiger partial charge is 0.359 e. The summed E-state index contributed by atoms with van der Waals surface area (Å²) in [6, 6.07) is 9.41. The van der Waals surface area contributed by atoms with Gasteiger partial charge in [0.15, 0.2) is 0 Å². The van der Waals surface area contributed by atoms with E-state index in [0.717, 1.165) is 22.3 Å². The lowest BCUT2D eigenvalue weighted by Gasteiger charge is -1.96. The van der Waals surface area contributed by atoms with Gasteiger partial charge in [0.2, 0.25) is 0 Å². The maximum Gasteiger partial charge on any atom is 0.147 e. The zero-order valence-corrected chi connectivity index (χ0v) is 11.0. The molecular weight excluding hydrogens is 272 g/mol. The van der Waals surface area contributed by atoms with E-state index in [9.17, 15) is 8.78 Å². The molecule has 0 aliphatic rings. The third-order valence-corrected chi connectivity index (χ3v) is 3.60. The first kappa shape index (κ1) is 12.1. The predicted molar refractivity (Wildman–Crippen MR) is 77.1 cm³/mol. The molecule has 0 saturated carbocycles. The summed E-state index contributed by atoms with van der Waals surface area (Å²) < 4.78 is 26.8. The SMILES string of the molecule is Fc1ccc2nc(Cc3c[nH]c4c(F)cccc34)[nH]c2c1. The van der Waals surface area contributed by atoms with Crippen molar-refractivity contribution < 1.29 is 8.78 Å². The molecule has 0 radical (unpaired) electrons. The molecule has 0 aliphatic heterocycles. The summed E-state index contributed by atoms with van der Waals surface area (Å²) in [6.07, 6.45) is 2.31. The Morgan fingerprint density at radius 1 is 1.10 bits per heavy atom. The normalized spacial score (nSPS) is 11.5. The Kier molecular flexibility index (Phi) is 2.54. The van der Waals surface area contributed by atoms with Crippen LogP contribution in [0.25, 0.3) is 21.9 Å². The van der Waals surface area contributed by atoms with E-state index < -0.39 is 0 Å². The van der Waals surface area contributed by atoms with Crippen LogP contribution < -0.4 is 0 Å². The lowest BCUT2D eigenvalue weighted by Crippen LogP contribution is -1.89. The van der Waals surface area contributed by atoms with Gasteiger partial charge < -0.3 is 9.97 Å². The average molecular weight is 283 g/mol. The van der Waals surface area contributed by atoms with Crippen LogP contribution in [0.4, 0.5) is 8.78 Å². The second kappa shape index (κ2) is 4.41. The molecule has 3 nitrogen and oxygen atoms in total. The molecule has 0 unspecified atom stereocenters. The van der Waals surface area contributed by atoms with E-state index in [1.807, 2.05) is 6.07 Å². The number of imidazole rings is 1. The number of para-hydroxylation sites is 1. The molecule has 2 aromatic carbocycles. The van der Waals surface area contributed by atoms with Crippen molar-refractivity contribution in [3.8, 4) is 0 Å². The molecule has 0 saturated heterocycles. The van der Waals surface area contributed by atoms with Crippen LogP contribution in [-0.2, 0) is 6.42 Å². The molecule has 4 aromatic rings. The van der Waals surface area contributed by atoms with E-state index in [0.29, 0.717) is 17.5 Å². The van der Waals surface area contributed by atoms with E-state index >= 15 is 0 Å². The van der Waals surface area contributed by atoms with Crippen LogP contribution in [0.5, 0.6) is 0 Å². The third kappa shape index (κ3) is 1.98. The van der Waals surface area contributed by atoms with Crippen molar-refractivity contribution in [2.75, 3.05) is 0 Å². The van der Waals surface area contributed by atoms with Gasteiger partial charge in [-0.2, -0.15) is 0 Å². The van der Waals surface area contributed by atoms with Gasteiger partial charge in [-0.1, -0.05) is 12.1 Å². The van der Waals surface area contributed by atoms with Gasteiger partial charge in [-0.25, -0.2) is 13.8 Å². The standard InChI is InChI=1S/C16H11F2N3/c17-10-4-5-13-14(7-10)21-15(20-13)6-9-8-19-16-11(9)2-1-3-12(16)18/h1-5,7-8,19H,6H2,(H,20,21). The number of benzene rings is 2. The van der Waals surface area contributed by atoms with Gasteiger partial charge in [0.05, 0.1) is 16.6 Å². The number of aromatic nitrogens is 3. The molecule has 0 bridgehead atoms. The fraction of sp³-hybridized carbons (Fsp3) is 0.0625. The van der Waals surface area contributed by atoms with Crippen LogP contribution >= 0.6 is 0 Å². The molecule has 0 atom stereocenters. The minimum Gasteiger partial charge on any atom is -0.359 e. The fourth-order valence-electron chi connectivity index (χ4n) is 2.62. The molecule has 0 spiro atoms. The van der Waals surface area contributed by atoms with Gasteiger partial charge in [0.1, 0.15) is 17.5 Å². The van der Waals surface area contributed by atoms with Crippen LogP contribution in [-0.4, -0.2) is 15.0 Å². The maximum absolute atomic E-state index is 13.7. The molecule has 2 N–H and O–H groups in total. The van der Waals surface area contributed by atoms with Gasteiger partial charge in [-0.3, -0.25) is 0 Å². The Labute approximate surface area is 118 Å². The highest BCUT2D eigenvalue weighted by Gasteiger charge is 2.10. The molecule has 2 heterocycles. The monoisotopic (exact) mass is 283 g/mol. The van der Waals surface area contributed by atoms with Crippen molar-refractivity contribution in [1.82, 2.24) is 15.0 Å². The lowest BCUT2D eigenvalue weighted by atomic mass is 10.1. The summed E-state index contributed by atoms with van der Waals surface area (Å²) in [5.41, 5.74) is 2.83. The van der Waals surface area contributed by atoms with Crippen molar-refractivity contribution in [2.24, 2.45) is 0 Å². The van der Waals surface area contributed by atoms with Crippen molar-refractivity contribution in [1.29, 1.82) is 0 Å². The first-order chi connectivity index (χ1) is 10.2. The maximum atomic E-state index is 13.7. The Morgan fingerprint density at radius 3 is 2.90 bits per heavy atom. The van der Waals surface area contributed by atoms with Gasteiger partial charge in [-0.05, 0) is 29.8 Å². The number of nitrogens with zero attached hydrogens (tertiary/aromatic N) is 1. The van der Waals surface area contributed by atoms with Gasteiger partial charge in [0.25, 0.3) is 0 Å². The number of aromatic amines is 2. The number of rotatable bonds is 2. The Balaban J connectivity index is 1.77. The quantitative estimate of drug-likeness (QED) is 0.575. The van der Waals surface area contributed by atoms with Crippen LogP contribution in [0.3, 0.4) is 0 Å². The summed E-state index contributed by atoms with van der Waals surface area (Å²) >= 11 is 0. The number of H-pyrrole nitrogens is 2. The predicted octanol–water partition coefficient (Wildman–Crippen LogP) is 3.91. The van der Waals surface area contributed by atoms with Crippen molar-refractivity contribution >= 4 is 21.9 Å². The van der Waals surface area contributed by atoms with Gasteiger partial charge in [-0.15, -0.1) is 0 Å². The van der Waals surface area contributed by atoms with Crippen molar-refractivity contribution in [3.63, 3.8) is 0 Å². The van der Waals surface area contributed by atoms with E-state index in [1.54, 1.807) is 18.3 Å². The van der Waals surface area contributed by atoms with E-state index in [-0.39, 0.29) is 11.6 Å².